The van der Waals surface area contributed by atoms with E-state index < -0.39 is 6.10 Å². The lowest BCUT2D eigenvalue weighted by molar-refractivity contribution is 0.0962. The first-order valence-electron chi connectivity index (χ1n) is 10.2. The molecule has 150 valence electrons. The van der Waals surface area contributed by atoms with Gasteiger partial charge in [-0.3, -0.25) is 9.78 Å². The van der Waals surface area contributed by atoms with Gasteiger partial charge in [0.05, 0.1) is 16.3 Å². The van der Waals surface area contributed by atoms with Crippen molar-refractivity contribution < 1.29 is 9.90 Å². The number of Topliss-reactive ketones (excluding diaryl/α,β-unsaturated/α-hetero) is 1. The van der Waals surface area contributed by atoms with Crippen LogP contribution in [-0.2, 0) is 6.42 Å². The second-order valence-corrected chi connectivity index (χ2v) is 8.96. The van der Waals surface area contributed by atoms with Crippen LogP contribution >= 0.6 is 11.3 Å². The molecule has 4 nitrogen and oxygen atoms in total. The molecular weight excluding hydrogens is 392 g/mol. The number of ketones is 1. The van der Waals surface area contributed by atoms with Crippen LogP contribution in [0.2, 0.25) is 0 Å². The lowest BCUT2D eigenvalue weighted by atomic mass is 9.92. The zero-order valence-corrected chi connectivity index (χ0v) is 17.5. The van der Waals surface area contributed by atoms with Crippen molar-refractivity contribution in [1.82, 2.24) is 9.97 Å². The minimum Gasteiger partial charge on any atom is -0.392 e. The molecule has 0 aliphatic heterocycles. The number of aromatic nitrogens is 2. The van der Waals surface area contributed by atoms with Gasteiger partial charge in [-0.1, -0.05) is 24.3 Å². The molecule has 0 saturated heterocycles. The topological polar surface area (TPSA) is 63.1 Å². The Labute approximate surface area is 179 Å². The Balaban J connectivity index is 1.33. The summed E-state index contributed by atoms with van der Waals surface area (Å²) in [5.41, 5.74) is 5.96. The van der Waals surface area contributed by atoms with Gasteiger partial charge < -0.3 is 5.11 Å². The molecule has 4 aromatic rings. The Morgan fingerprint density at radius 2 is 2.03 bits per heavy atom. The van der Waals surface area contributed by atoms with Crippen molar-refractivity contribution in [3.63, 3.8) is 0 Å². The highest BCUT2D eigenvalue weighted by atomic mass is 32.1. The fourth-order valence-corrected chi connectivity index (χ4v) is 5.25. The number of aryl methyl sites for hydroxylation is 1. The molecule has 0 fully saturated rings. The van der Waals surface area contributed by atoms with Gasteiger partial charge in [0, 0.05) is 35.4 Å². The molecule has 1 N–H and O–H groups in total. The number of benzene rings is 2. The van der Waals surface area contributed by atoms with E-state index in [2.05, 4.69) is 17.1 Å². The molecule has 5 heteroatoms. The Bertz CT molecular complexity index is 1230. The number of hydrogen-bond acceptors (Lipinski definition) is 5. The van der Waals surface area contributed by atoms with Gasteiger partial charge in [-0.15, -0.1) is 11.3 Å². The van der Waals surface area contributed by atoms with E-state index in [0.29, 0.717) is 24.8 Å². The molecule has 0 saturated carbocycles. The summed E-state index contributed by atoms with van der Waals surface area (Å²) in [4.78, 5) is 21.9. The summed E-state index contributed by atoms with van der Waals surface area (Å²) < 4.78 is 1.00. The Kier molecular flexibility index (Phi) is 4.93. The molecule has 2 atom stereocenters. The SMILES string of the molecule is Cc1ccc(-c2nc3ccc(C(=O)CC[C@H]4c5ccccc5C[C@H]4O)cc3s2)cn1. The average Bonchev–Trinajstić information content (AvgIpc) is 3.32. The highest BCUT2D eigenvalue weighted by molar-refractivity contribution is 7.21. The van der Waals surface area contributed by atoms with Crippen LogP contribution in [0.1, 0.15) is 45.9 Å². The highest BCUT2D eigenvalue weighted by Gasteiger charge is 2.30. The number of hydrogen-bond donors (Lipinski definition) is 1. The molecular formula is C25H22N2O2S. The van der Waals surface area contributed by atoms with Gasteiger partial charge in [-0.25, -0.2) is 4.98 Å². The van der Waals surface area contributed by atoms with Crippen LogP contribution in [0.5, 0.6) is 0 Å². The number of aliphatic hydroxyl groups is 1. The zero-order valence-electron chi connectivity index (χ0n) is 16.7. The number of nitrogens with zero attached hydrogens (tertiary/aromatic N) is 2. The molecule has 30 heavy (non-hydrogen) atoms. The van der Waals surface area contributed by atoms with E-state index in [4.69, 9.17) is 4.98 Å². The number of carbonyl (C=O) groups excluding carboxylic acids is 1. The van der Waals surface area contributed by atoms with E-state index in [0.717, 1.165) is 26.5 Å². The average molecular weight is 415 g/mol. The Morgan fingerprint density at radius 1 is 1.17 bits per heavy atom. The predicted octanol–water partition coefficient (Wildman–Crippen LogP) is 5.33. The molecule has 0 unspecified atom stereocenters. The van der Waals surface area contributed by atoms with E-state index in [1.54, 1.807) is 11.3 Å². The summed E-state index contributed by atoms with van der Waals surface area (Å²) in [5.74, 6) is 0.151. The molecule has 5 rings (SSSR count). The molecule has 2 aromatic carbocycles. The summed E-state index contributed by atoms with van der Waals surface area (Å²) >= 11 is 1.58. The molecule has 0 bridgehead atoms. The third-order valence-corrected chi connectivity index (χ3v) is 6.97. The lowest BCUT2D eigenvalue weighted by Gasteiger charge is -2.15. The van der Waals surface area contributed by atoms with Crippen LogP contribution in [0.3, 0.4) is 0 Å². The van der Waals surface area contributed by atoms with Crippen molar-refractivity contribution in [2.24, 2.45) is 0 Å². The number of thiazole rings is 1. The van der Waals surface area contributed by atoms with E-state index in [1.165, 1.54) is 11.1 Å². The summed E-state index contributed by atoms with van der Waals surface area (Å²) in [5, 5.41) is 11.4. The number of pyridine rings is 1. The van der Waals surface area contributed by atoms with E-state index in [-0.39, 0.29) is 11.7 Å². The van der Waals surface area contributed by atoms with Crippen molar-refractivity contribution in [2.75, 3.05) is 0 Å². The largest absolute Gasteiger partial charge is 0.392 e. The van der Waals surface area contributed by atoms with Crippen molar-refractivity contribution in [2.45, 2.75) is 38.2 Å². The first kappa shape index (κ1) is 19.1. The molecule has 2 heterocycles. The first-order chi connectivity index (χ1) is 14.6. The van der Waals surface area contributed by atoms with Crippen molar-refractivity contribution in [3.05, 3.63) is 83.2 Å². The van der Waals surface area contributed by atoms with Crippen molar-refractivity contribution in [3.8, 4) is 10.6 Å². The van der Waals surface area contributed by atoms with Gasteiger partial charge >= 0.3 is 0 Å². The summed E-state index contributed by atoms with van der Waals surface area (Å²) in [7, 11) is 0. The second kappa shape index (κ2) is 7.74. The number of rotatable bonds is 5. The van der Waals surface area contributed by atoms with E-state index in [9.17, 15) is 9.90 Å². The van der Waals surface area contributed by atoms with Crippen LogP contribution in [0.4, 0.5) is 0 Å². The van der Waals surface area contributed by atoms with Crippen LogP contribution in [0, 0.1) is 6.92 Å². The van der Waals surface area contributed by atoms with E-state index in [1.807, 2.05) is 55.6 Å². The van der Waals surface area contributed by atoms with Crippen molar-refractivity contribution >= 4 is 27.3 Å². The summed E-state index contributed by atoms with van der Waals surface area (Å²) in [6.07, 6.45) is 3.21. The number of aliphatic hydroxyl groups excluding tert-OH is 1. The Hall–Kier alpha value is -2.89. The van der Waals surface area contributed by atoms with Crippen LogP contribution in [-0.4, -0.2) is 27.0 Å². The van der Waals surface area contributed by atoms with Gasteiger partial charge in [0.2, 0.25) is 0 Å². The molecule has 1 aliphatic rings. The van der Waals surface area contributed by atoms with Gasteiger partial charge in [0.15, 0.2) is 5.78 Å². The predicted molar refractivity (Wildman–Crippen MR) is 120 cm³/mol. The number of fused-ring (bicyclic) bond motifs is 2. The number of carbonyl (C=O) groups is 1. The first-order valence-corrected chi connectivity index (χ1v) is 11.0. The monoisotopic (exact) mass is 414 g/mol. The maximum Gasteiger partial charge on any atom is 0.162 e. The highest BCUT2D eigenvalue weighted by Crippen LogP contribution is 2.37. The molecule has 0 spiro atoms. The van der Waals surface area contributed by atoms with Gasteiger partial charge in [0.25, 0.3) is 0 Å². The van der Waals surface area contributed by atoms with Crippen LogP contribution in [0.15, 0.2) is 60.8 Å². The van der Waals surface area contributed by atoms with Gasteiger partial charge in [0.1, 0.15) is 5.01 Å². The molecule has 2 aromatic heterocycles. The minimum atomic E-state index is -0.398. The summed E-state index contributed by atoms with van der Waals surface area (Å²) in [6.45, 7) is 1.96. The molecule has 0 amide bonds. The fraction of sp³-hybridized carbons (Fsp3) is 0.240. The lowest BCUT2D eigenvalue weighted by Crippen LogP contribution is -2.14. The Morgan fingerprint density at radius 3 is 2.87 bits per heavy atom. The zero-order chi connectivity index (χ0) is 20.7. The fourth-order valence-electron chi connectivity index (χ4n) is 4.25. The maximum atomic E-state index is 12.9. The second-order valence-electron chi connectivity index (χ2n) is 7.93. The quantitative estimate of drug-likeness (QED) is 0.448. The third-order valence-electron chi connectivity index (χ3n) is 5.90. The minimum absolute atomic E-state index is 0.0397. The normalized spacial score (nSPS) is 17.9. The smallest absolute Gasteiger partial charge is 0.162 e. The standard InChI is InChI=1S/C25H22N2O2S/c1-15-6-7-18(14-26-15)25-27-21-10-8-17(13-24(21)30-25)22(28)11-9-20-19-5-3-2-4-16(19)12-23(20)29/h2-8,10,13-14,20,23,29H,9,11-12H2,1H3/t20-,23+/m0/s1. The molecule has 1 aliphatic carbocycles. The van der Waals surface area contributed by atoms with Gasteiger partial charge in [-0.05, 0) is 61.2 Å². The summed E-state index contributed by atoms with van der Waals surface area (Å²) in [6, 6.07) is 17.9. The van der Waals surface area contributed by atoms with Gasteiger partial charge in [-0.2, -0.15) is 0 Å². The molecule has 0 radical (unpaired) electrons. The maximum absolute atomic E-state index is 12.9. The van der Waals surface area contributed by atoms with Crippen LogP contribution in [0.25, 0.3) is 20.8 Å². The van der Waals surface area contributed by atoms with Crippen LogP contribution < -0.4 is 0 Å². The third kappa shape index (κ3) is 3.55. The van der Waals surface area contributed by atoms with Crippen molar-refractivity contribution in [1.29, 1.82) is 0 Å². The van der Waals surface area contributed by atoms with E-state index >= 15 is 0 Å².